The molecular weight excluding hydrogens is 344 g/mol. The van der Waals surface area contributed by atoms with Gasteiger partial charge in [-0.2, -0.15) is 0 Å². The van der Waals surface area contributed by atoms with E-state index in [1.54, 1.807) is 0 Å². The van der Waals surface area contributed by atoms with Gasteiger partial charge in [0.25, 0.3) is 0 Å². The zero-order chi connectivity index (χ0) is 18.1. The molecule has 130 valence electrons. The molecule has 0 atom stereocenters. The smallest absolute Gasteiger partial charge is 0.201 e. The van der Waals surface area contributed by atoms with Gasteiger partial charge in [0.15, 0.2) is 0 Å². The largest absolute Gasteiger partial charge is 0.354 e. The molecule has 2 aromatic carbocycles. The Kier molecular flexibility index (Phi) is 4.35. The standard InChI is InChI=1S/C21H19ClN4/c1-13(2)24-21-25-19-10-5-15(11-20(19)26-21)18-9-6-16(12-23-18)14-3-7-17(22)8-4-14/h3-13H,1-2H3,(H2,24,25,26). The van der Waals surface area contributed by atoms with E-state index in [4.69, 9.17) is 11.6 Å². The van der Waals surface area contributed by atoms with Crippen molar-refractivity contribution in [2.75, 3.05) is 5.32 Å². The third-order valence-electron chi connectivity index (χ3n) is 4.15. The highest BCUT2D eigenvalue weighted by molar-refractivity contribution is 6.30. The lowest BCUT2D eigenvalue weighted by atomic mass is 10.1. The Bertz CT molecular complexity index is 1030. The van der Waals surface area contributed by atoms with Crippen LogP contribution in [0.1, 0.15) is 13.8 Å². The van der Waals surface area contributed by atoms with Gasteiger partial charge in [-0.15, -0.1) is 0 Å². The van der Waals surface area contributed by atoms with E-state index in [9.17, 15) is 0 Å². The van der Waals surface area contributed by atoms with E-state index in [1.807, 2.05) is 42.6 Å². The molecule has 4 rings (SSSR count). The molecule has 4 aromatic rings. The summed E-state index contributed by atoms with van der Waals surface area (Å²) in [5.41, 5.74) is 6.06. The zero-order valence-electron chi connectivity index (χ0n) is 14.6. The van der Waals surface area contributed by atoms with Crippen molar-refractivity contribution >= 4 is 28.6 Å². The Morgan fingerprint density at radius 1 is 0.923 bits per heavy atom. The highest BCUT2D eigenvalue weighted by Crippen LogP contribution is 2.26. The van der Waals surface area contributed by atoms with Crippen LogP contribution in [-0.2, 0) is 0 Å². The number of anilines is 1. The fourth-order valence-corrected chi connectivity index (χ4v) is 3.01. The first-order chi connectivity index (χ1) is 12.6. The van der Waals surface area contributed by atoms with Gasteiger partial charge in [-0.3, -0.25) is 4.98 Å². The number of halogens is 1. The molecule has 0 saturated carbocycles. The molecule has 2 aromatic heterocycles. The lowest BCUT2D eigenvalue weighted by Crippen LogP contribution is -2.10. The van der Waals surface area contributed by atoms with Gasteiger partial charge in [0.05, 0.1) is 16.7 Å². The molecule has 0 spiro atoms. The summed E-state index contributed by atoms with van der Waals surface area (Å²) in [5, 5.41) is 4.02. The van der Waals surface area contributed by atoms with Gasteiger partial charge < -0.3 is 10.3 Å². The van der Waals surface area contributed by atoms with Gasteiger partial charge in [0.2, 0.25) is 5.95 Å². The van der Waals surface area contributed by atoms with Crippen LogP contribution >= 0.6 is 11.6 Å². The molecule has 0 aliphatic carbocycles. The lowest BCUT2D eigenvalue weighted by Gasteiger charge is -2.04. The number of aromatic amines is 1. The van der Waals surface area contributed by atoms with E-state index < -0.39 is 0 Å². The van der Waals surface area contributed by atoms with Crippen LogP contribution in [0.25, 0.3) is 33.4 Å². The van der Waals surface area contributed by atoms with Crippen LogP contribution in [0.2, 0.25) is 5.02 Å². The summed E-state index contributed by atoms with van der Waals surface area (Å²) in [5.74, 6) is 0.790. The minimum atomic E-state index is 0.331. The maximum Gasteiger partial charge on any atom is 0.201 e. The molecule has 0 aliphatic rings. The van der Waals surface area contributed by atoms with Crippen molar-refractivity contribution in [2.24, 2.45) is 0 Å². The predicted octanol–water partition coefficient (Wildman–Crippen LogP) is 5.77. The van der Waals surface area contributed by atoms with Gasteiger partial charge in [-0.1, -0.05) is 35.9 Å². The summed E-state index contributed by atoms with van der Waals surface area (Å²) in [4.78, 5) is 12.5. The number of hydrogen-bond donors (Lipinski definition) is 2. The van der Waals surface area contributed by atoms with Gasteiger partial charge in [0, 0.05) is 28.4 Å². The molecule has 0 unspecified atom stereocenters. The lowest BCUT2D eigenvalue weighted by molar-refractivity contribution is 0.883. The first kappa shape index (κ1) is 16.6. The average molecular weight is 363 g/mol. The molecule has 0 fully saturated rings. The van der Waals surface area contributed by atoms with Crippen LogP contribution in [0.5, 0.6) is 0 Å². The predicted molar refractivity (Wildman–Crippen MR) is 109 cm³/mol. The highest BCUT2D eigenvalue weighted by Gasteiger charge is 2.07. The van der Waals surface area contributed by atoms with E-state index >= 15 is 0 Å². The number of pyridine rings is 1. The zero-order valence-corrected chi connectivity index (χ0v) is 15.4. The Labute approximate surface area is 157 Å². The number of H-pyrrole nitrogens is 1. The van der Waals surface area contributed by atoms with Crippen LogP contribution in [0.15, 0.2) is 60.8 Å². The van der Waals surface area contributed by atoms with E-state index in [1.165, 1.54) is 0 Å². The van der Waals surface area contributed by atoms with Crippen molar-refractivity contribution in [1.29, 1.82) is 0 Å². The van der Waals surface area contributed by atoms with E-state index in [-0.39, 0.29) is 0 Å². The molecule has 2 heterocycles. The van der Waals surface area contributed by atoms with Crippen LogP contribution in [0, 0.1) is 0 Å². The number of nitrogens with zero attached hydrogens (tertiary/aromatic N) is 2. The van der Waals surface area contributed by atoms with Crippen molar-refractivity contribution < 1.29 is 0 Å². The van der Waals surface area contributed by atoms with Crippen molar-refractivity contribution in [3.63, 3.8) is 0 Å². The van der Waals surface area contributed by atoms with Crippen molar-refractivity contribution in [1.82, 2.24) is 15.0 Å². The van der Waals surface area contributed by atoms with Crippen LogP contribution in [0.3, 0.4) is 0 Å². The maximum atomic E-state index is 5.95. The Balaban J connectivity index is 1.63. The van der Waals surface area contributed by atoms with Crippen molar-refractivity contribution in [3.05, 3.63) is 65.8 Å². The molecule has 0 aliphatic heterocycles. The summed E-state index contributed by atoms with van der Waals surface area (Å²) >= 11 is 5.95. The van der Waals surface area contributed by atoms with Crippen molar-refractivity contribution in [3.8, 4) is 22.4 Å². The highest BCUT2D eigenvalue weighted by atomic mass is 35.5. The number of benzene rings is 2. The van der Waals surface area contributed by atoms with Gasteiger partial charge in [0.1, 0.15) is 0 Å². The molecule has 26 heavy (non-hydrogen) atoms. The first-order valence-corrected chi connectivity index (χ1v) is 8.95. The average Bonchev–Trinajstić information content (AvgIpc) is 3.03. The number of fused-ring (bicyclic) bond motifs is 1. The molecule has 0 amide bonds. The minimum Gasteiger partial charge on any atom is -0.354 e. The van der Waals surface area contributed by atoms with Crippen LogP contribution in [-0.4, -0.2) is 21.0 Å². The number of aromatic nitrogens is 3. The summed E-state index contributed by atoms with van der Waals surface area (Å²) in [7, 11) is 0. The SMILES string of the molecule is CC(C)Nc1nc2cc(-c3ccc(-c4ccc(Cl)cc4)cn3)ccc2[nH]1. The number of imidazole rings is 1. The van der Waals surface area contributed by atoms with Gasteiger partial charge >= 0.3 is 0 Å². The second-order valence-corrected chi connectivity index (χ2v) is 6.99. The summed E-state index contributed by atoms with van der Waals surface area (Å²) in [6.45, 7) is 4.18. The summed E-state index contributed by atoms with van der Waals surface area (Å²) < 4.78 is 0. The topological polar surface area (TPSA) is 53.6 Å². The number of hydrogen-bond acceptors (Lipinski definition) is 3. The molecule has 2 N–H and O–H groups in total. The molecular formula is C21H19ClN4. The van der Waals surface area contributed by atoms with Crippen LogP contribution in [0.4, 0.5) is 5.95 Å². The van der Waals surface area contributed by atoms with Gasteiger partial charge in [-0.25, -0.2) is 4.98 Å². The fourth-order valence-electron chi connectivity index (χ4n) is 2.88. The third kappa shape index (κ3) is 3.41. The number of rotatable bonds is 4. The quantitative estimate of drug-likeness (QED) is 0.484. The minimum absolute atomic E-state index is 0.331. The third-order valence-corrected chi connectivity index (χ3v) is 4.40. The van der Waals surface area contributed by atoms with Crippen LogP contribution < -0.4 is 5.32 Å². The van der Waals surface area contributed by atoms with E-state index in [2.05, 4.69) is 52.3 Å². The molecule has 0 bridgehead atoms. The summed E-state index contributed by atoms with van der Waals surface area (Å²) in [6.07, 6.45) is 1.89. The second-order valence-electron chi connectivity index (χ2n) is 6.56. The van der Waals surface area contributed by atoms with E-state index in [0.29, 0.717) is 6.04 Å². The normalized spacial score (nSPS) is 11.2. The Morgan fingerprint density at radius 3 is 2.35 bits per heavy atom. The fraction of sp³-hybridized carbons (Fsp3) is 0.143. The molecule has 0 saturated heterocycles. The Morgan fingerprint density at radius 2 is 1.65 bits per heavy atom. The maximum absolute atomic E-state index is 5.95. The molecule has 5 heteroatoms. The second kappa shape index (κ2) is 6.81. The van der Waals surface area contributed by atoms with E-state index in [0.717, 1.165) is 44.4 Å². The first-order valence-electron chi connectivity index (χ1n) is 8.57. The molecule has 0 radical (unpaired) electrons. The monoisotopic (exact) mass is 362 g/mol. The summed E-state index contributed by atoms with van der Waals surface area (Å²) in [6, 6.07) is 18.4. The van der Waals surface area contributed by atoms with Crippen molar-refractivity contribution in [2.45, 2.75) is 19.9 Å². The van der Waals surface area contributed by atoms with Gasteiger partial charge in [-0.05, 0) is 49.7 Å². The molecule has 4 nitrogen and oxygen atoms in total. The Hall–Kier alpha value is -2.85. The number of nitrogens with one attached hydrogen (secondary N) is 2.